The van der Waals surface area contributed by atoms with Crippen molar-refractivity contribution in [2.45, 2.75) is 19.4 Å². The zero-order chi connectivity index (χ0) is 17.2. The van der Waals surface area contributed by atoms with E-state index in [0.717, 1.165) is 27.6 Å². The normalized spacial score (nSPS) is 16.0. The van der Waals surface area contributed by atoms with Gasteiger partial charge in [0.05, 0.1) is 6.21 Å². The van der Waals surface area contributed by atoms with Crippen LogP contribution in [0.1, 0.15) is 16.7 Å². The summed E-state index contributed by atoms with van der Waals surface area (Å²) in [7, 11) is 0. The largest absolute Gasteiger partial charge is 0.480 e. The maximum atomic E-state index is 12.3. The van der Waals surface area contributed by atoms with Crippen molar-refractivity contribution < 1.29 is 9.53 Å². The van der Waals surface area contributed by atoms with Gasteiger partial charge in [0.2, 0.25) is 0 Å². The van der Waals surface area contributed by atoms with E-state index >= 15 is 0 Å². The van der Waals surface area contributed by atoms with Gasteiger partial charge in [-0.1, -0.05) is 60.2 Å². The van der Waals surface area contributed by atoms with Crippen LogP contribution in [0.3, 0.4) is 0 Å². The van der Waals surface area contributed by atoms with E-state index in [0.29, 0.717) is 6.42 Å². The third-order valence-corrected chi connectivity index (χ3v) is 4.41. The van der Waals surface area contributed by atoms with E-state index in [1.54, 1.807) is 6.21 Å². The summed E-state index contributed by atoms with van der Waals surface area (Å²) in [5, 5.41) is 6.33. The minimum Gasteiger partial charge on any atom is -0.480 e. The summed E-state index contributed by atoms with van der Waals surface area (Å²) in [5.74, 6) is 0.546. The molecule has 4 heteroatoms. The minimum absolute atomic E-state index is 0.233. The molecule has 4 nitrogen and oxygen atoms in total. The second-order valence-electron chi connectivity index (χ2n) is 6.22. The Bertz CT molecular complexity index is 961. The molecule has 25 heavy (non-hydrogen) atoms. The molecule has 0 fully saturated rings. The highest BCUT2D eigenvalue weighted by molar-refractivity contribution is 5.91. The summed E-state index contributed by atoms with van der Waals surface area (Å²) in [6.07, 6.45) is 1.65. The minimum atomic E-state index is -0.545. The summed E-state index contributed by atoms with van der Waals surface area (Å²) in [5.41, 5.74) is 5.78. The first kappa shape index (κ1) is 15.4. The molecule has 3 aromatic carbocycles. The highest BCUT2D eigenvalue weighted by atomic mass is 16.5. The van der Waals surface area contributed by atoms with Crippen molar-refractivity contribution in [2.75, 3.05) is 0 Å². The molecule has 1 atom stereocenters. The van der Waals surface area contributed by atoms with E-state index < -0.39 is 6.10 Å². The van der Waals surface area contributed by atoms with Gasteiger partial charge >= 0.3 is 0 Å². The molecular weight excluding hydrogens is 312 g/mol. The van der Waals surface area contributed by atoms with Crippen LogP contribution in [-0.2, 0) is 11.2 Å². The molecule has 0 aliphatic carbocycles. The van der Waals surface area contributed by atoms with Gasteiger partial charge in [-0.2, -0.15) is 5.10 Å². The van der Waals surface area contributed by atoms with Crippen LogP contribution in [-0.4, -0.2) is 18.2 Å². The Morgan fingerprint density at radius 3 is 2.76 bits per heavy atom. The van der Waals surface area contributed by atoms with Gasteiger partial charge in [0, 0.05) is 12.0 Å². The Hall–Kier alpha value is -3.14. The predicted octanol–water partition coefficient (Wildman–Crippen LogP) is 3.60. The quantitative estimate of drug-likeness (QED) is 0.589. The lowest BCUT2D eigenvalue weighted by Crippen LogP contribution is -2.34. The average molecular weight is 330 g/mol. The Balaban J connectivity index is 1.45. The highest BCUT2D eigenvalue weighted by Gasteiger charge is 2.30. The van der Waals surface area contributed by atoms with E-state index in [4.69, 9.17) is 4.74 Å². The number of hydrazone groups is 1. The first-order chi connectivity index (χ1) is 12.2. The average Bonchev–Trinajstić information content (AvgIpc) is 3.08. The Morgan fingerprint density at radius 2 is 1.92 bits per heavy atom. The number of amides is 1. The summed E-state index contributed by atoms with van der Waals surface area (Å²) in [4.78, 5) is 12.3. The molecule has 1 aliphatic heterocycles. The summed E-state index contributed by atoms with van der Waals surface area (Å²) in [6, 6.07) is 20.0. The third kappa shape index (κ3) is 3.11. The number of nitrogens with zero attached hydrogens (tertiary/aromatic N) is 1. The molecule has 0 spiro atoms. The lowest BCUT2D eigenvalue weighted by Gasteiger charge is -2.08. The van der Waals surface area contributed by atoms with E-state index in [1.807, 2.05) is 55.5 Å². The van der Waals surface area contributed by atoms with Crippen molar-refractivity contribution in [3.8, 4) is 5.75 Å². The molecule has 1 amide bonds. The molecule has 1 aliphatic rings. The maximum Gasteiger partial charge on any atom is 0.281 e. The van der Waals surface area contributed by atoms with Crippen molar-refractivity contribution in [1.82, 2.24) is 5.43 Å². The molecule has 0 saturated heterocycles. The van der Waals surface area contributed by atoms with Crippen LogP contribution >= 0.6 is 0 Å². The monoisotopic (exact) mass is 330 g/mol. The molecule has 124 valence electrons. The fourth-order valence-corrected chi connectivity index (χ4v) is 3.06. The molecule has 3 aromatic rings. The summed E-state index contributed by atoms with van der Waals surface area (Å²) in [6.45, 7) is 2.03. The van der Waals surface area contributed by atoms with Crippen LogP contribution in [0.5, 0.6) is 5.75 Å². The molecule has 0 unspecified atom stereocenters. The SMILES string of the molecule is Cc1ccc(/C=N/NC(=O)[C@H]2Cc3c(ccc4ccccc34)O2)cc1. The molecule has 1 N–H and O–H groups in total. The maximum absolute atomic E-state index is 12.3. The topological polar surface area (TPSA) is 50.7 Å². The highest BCUT2D eigenvalue weighted by Crippen LogP contribution is 2.34. The van der Waals surface area contributed by atoms with Gasteiger partial charge in [0.25, 0.3) is 5.91 Å². The second-order valence-corrected chi connectivity index (χ2v) is 6.22. The smallest absolute Gasteiger partial charge is 0.281 e. The number of aryl methyl sites for hydroxylation is 1. The van der Waals surface area contributed by atoms with E-state index in [9.17, 15) is 4.79 Å². The van der Waals surface area contributed by atoms with Crippen LogP contribution in [0, 0.1) is 6.92 Å². The lowest BCUT2D eigenvalue weighted by atomic mass is 10.0. The molecule has 0 radical (unpaired) electrons. The van der Waals surface area contributed by atoms with Crippen molar-refractivity contribution >= 4 is 22.9 Å². The Labute approximate surface area is 146 Å². The van der Waals surface area contributed by atoms with Crippen LogP contribution in [0.2, 0.25) is 0 Å². The number of fused-ring (bicyclic) bond motifs is 3. The van der Waals surface area contributed by atoms with Gasteiger partial charge in [-0.3, -0.25) is 4.79 Å². The fourth-order valence-electron chi connectivity index (χ4n) is 3.06. The number of carbonyl (C=O) groups is 1. The predicted molar refractivity (Wildman–Crippen MR) is 99.0 cm³/mol. The Morgan fingerprint density at radius 1 is 1.12 bits per heavy atom. The van der Waals surface area contributed by atoms with Crippen molar-refractivity contribution in [2.24, 2.45) is 5.10 Å². The second kappa shape index (κ2) is 6.40. The van der Waals surface area contributed by atoms with Gasteiger partial charge in [-0.15, -0.1) is 0 Å². The van der Waals surface area contributed by atoms with E-state index in [2.05, 4.69) is 22.7 Å². The molecule has 0 saturated carbocycles. The van der Waals surface area contributed by atoms with Gasteiger partial charge in [0.15, 0.2) is 6.10 Å². The van der Waals surface area contributed by atoms with Crippen molar-refractivity contribution in [1.29, 1.82) is 0 Å². The summed E-state index contributed by atoms with van der Waals surface area (Å²) >= 11 is 0. The van der Waals surface area contributed by atoms with Gasteiger partial charge in [-0.05, 0) is 29.3 Å². The summed E-state index contributed by atoms with van der Waals surface area (Å²) < 4.78 is 5.81. The molecular formula is C21H18N2O2. The number of hydrogen-bond donors (Lipinski definition) is 1. The zero-order valence-electron chi connectivity index (χ0n) is 13.9. The van der Waals surface area contributed by atoms with Crippen LogP contribution in [0.4, 0.5) is 0 Å². The van der Waals surface area contributed by atoms with Crippen LogP contribution in [0.15, 0.2) is 65.8 Å². The number of benzene rings is 3. The van der Waals surface area contributed by atoms with Crippen molar-refractivity contribution in [3.63, 3.8) is 0 Å². The van der Waals surface area contributed by atoms with Crippen molar-refractivity contribution in [3.05, 3.63) is 77.4 Å². The van der Waals surface area contributed by atoms with Gasteiger partial charge in [0.1, 0.15) is 5.75 Å². The first-order valence-electron chi connectivity index (χ1n) is 8.27. The molecule has 0 bridgehead atoms. The fraction of sp³-hybridized carbons (Fsp3) is 0.143. The number of hydrogen-bond acceptors (Lipinski definition) is 3. The lowest BCUT2D eigenvalue weighted by molar-refractivity contribution is -0.127. The third-order valence-electron chi connectivity index (χ3n) is 4.41. The number of ether oxygens (including phenoxy) is 1. The number of nitrogens with one attached hydrogen (secondary N) is 1. The Kier molecular flexibility index (Phi) is 3.94. The van der Waals surface area contributed by atoms with Crippen LogP contribution in [0.25, 0.3) is 10.8 Å². The molecule has 4 rings (SSSR count). The first-order valence-corrected chi connectivity index (χ1v) is 8.27. The number of rotatable bonds is 3. The molecule has 1 heterocycles. The van der Waals surface area contributed by atoms with E-state index in [1.165, 1.54) is 5.56 Å². The standard InChI is InChI=1S/C21H18N2O2/c1-14-6-8-15(9-7-14)13-22-23-21(24)20-12-18-17-5-3-2-4-16(17)10-11-19(18)25-20/h2-11,13,20H,12H2,1H3,(H,23,24)/b22-13+/t20-/m1/s1. The molecule has 0 aromatic heterocycles. The van der Waals surface area contributed by atoms with Gasteiger partial charge < -0.3 is 4.74 Å². The van der Waals surface area contributed by atoms with E-state index in [-0.39, 0.29) is 5.91 Å². The zero-order valence-corrected chi connectivity index (χ0v) is 13.9. The van der Waals surface area contributed by atoms with Gasteiger partial charge in [-0.25, -0.2) is 5.43 Å². The van der Waals surface area contributed by atoms with Crippen LogP contribution < -0.4 is 10.2 Å². The number of carbonyl (C=O) groups excluding carboxylic acids is 1.